The van der Waals surface area contributed by atoms with Gasteiger partial charge in [0, 0.05) is 33.9 Å². The zero-order valence-electron chi connectivity index (χ0n) is 10.7. The molecule has 1 fully saturated rings. The van der Waals surface area contributed by atoms with E-state index >= 15 is 0 Å². The van der Waals surface area contributed by atoms with Gasteiger partial charge in [-0.1, -0.05) is 5.21 Å². The second-order valence-electron chi connectivity index (χ2n) is 4.84. The van der Waals surface area contributed by atoms with Crippen LogP contribution in [-0.4, -0.2) is 44.1 Å². The maximum Gasteiger partial charge on any atom is 0.358 e. The van der Waals surface area contributed by atoms with Gasteiger partial charge in [-0.25, -0.2) is 9.48 Å². The quantitative estimate of drug-likeness (QED) is 0.910. The molecule has 0 radical (unpaired) electrons. The first-order valence-corrected chi connectivity index (χ1v) is 7.85. The van der Waals surface area contributed by atoms with Crippen LogP contribution in [0.4, 0.5) is 0 Å². The molecule has 2 aromatic heterocycles. The van der Waals surface area contributed by atoms with E-state index in [0.29, 0.717) is 6.04 Å². The molecule has 20 heavy (non-hydrogen) atoms. The van der Waals surface area contributed by atoms with Gasteiger partial charge in [-0.15, -0.1) is 16.4 Å². The number of thiophene rings is 1. The lowest BCUT2D eigenvalue weighted by molar-refractivity contribution is 0.0599. The van der Waals surface area contributed by atoms with Crippen molar-refractivity contribution in [3.8, 4) is 0 Å². The Morgan fingerprint density at radius 3 is 2.90 bits per heavy atom. The third-order valence-electron chi connectivity index (χ3n) is 3.54. The number of likely N-dealkylation sites (tertiary alicyclic amines) is 1. The van der Waals surface area contributed by atoms with Crippen molar-refractivity contribution in [3.05, 3.63) is 32.7 Å². The minimum absolute atomic E-state index is 0.00122. The highest BCUT2D eigenvalue weighted by Gasteiger charge is 2.33. The summed E-state index contributed by atoms with van der Waals surface area (Å²) in [5.74, 6) is -1.04. The highest BCUT2D eigenvalue weighted by Crippen LogP contribution is 2.34. The van der Waals surface area contributed by atoms with Gasteiger partial charge in [-0.3, -0.25) is 4.90 Å². The van der Waals surface area contributed by atoms with E-state index in [-0.39, 0.29) is 11.7 Å². The number of rotatable bonds is 4. The molecule has 2 aromatic rings. The summed E-state index contributed by atoms with van der Waals surface area (Å²) in [6, 6.07) is 2.71. The van der Waals surface area contributed by atoms with Crippen molar-refractivity contribution in [1.82, 2.24) is 19.9 Å². The molecule has 0 aliphatic carbocycles. The van der Waals surface area contributed by atoms with Crippen LogP contribution < -0.4 is 0 Å². The van der Waals surface area contributed by atoms with Crippen molar-refractivity contribution in [2.75, 3.05) is 13.1 Å². The Kier molecular flexibility index (Phi) is 3.61. The van der Waals surface area contributed by atoms with E-state index in [1.165, 1.54) is 11.1 Å². The summed E-state index contributed by atoms with van der Waals surface area (Å²) in [5, 5.41) is 18.4. The largest absolute Gasteiger partial charge is 0.476 e. The van der Waals surface area contributed by atoms with Gasteiger partial charge in [-0.05, 0) is 28.9 Å². The van der Waals surface area contributed by atoms with Crippen LogP contribution in [0.5, 0.6) is 0 Å². The van der Waals surface area contributed by atoms with E-state index in [9.17, 15) is 4.79 Å². The van der Waals surface area contributed by atoms with Crippen LogP contribution in [0.15, 0.2) is 22.1 Å². The SMILES string of the molecule is CC(c1cc(Br)cs1)N1CC(n2cc(C(=O)O)nn2)C1. The summed E-state index contributed by atoms with van der Waals surface area (Å²) < 4.78 is 2.76. The summed E-state index contributed by atoms with van der Waals surface area (Å²) in [5.41, 5.74) is -0.00122. The van der Waals surface area contributed by atoms with Gasteiger partial charge in [0.15, 0.2) is 5.69 Å². The molecule has 0 bridgehead atoms. The Bertz CT molecular complexity index is 635. The highest BCUT2D eigenvalue weighted by molar-refractivity contribution is 9.10. The van der Waals surface area contributed by atoms with Crippen molar-refractivity contribution in [3.63, 3.8) is 0 Å². The van der Waals surface area contributed by atoms with Crippen LogP contribution in [0.25, 0.3) is 0 Å². The van der Waals surface area contributed by atoms with Gasteiger partial charge >= 0.3 is 5.97 Å². The van der Waals surface area contributed by atoms with Gasteiger partial charge < -0.3 is 5.11 Å². The van der Waals surface area contributed by atoms with E-state index in [2.05, 4.69) is 49.5 Å². The van der Waals surface area contributed by atoms with E-state index < -0.39 is 5.97 Å². The summed E-state index contributed by atoms with van der Waals surface area (Å²) in [6.07, 6.45) is 1.50. The second kappa shape index (κ2) is 5.27. The number of carboxylic acid groups (broad SMARTS) is 1. The monoisotopic (exact) mass is 356 g/mol. The van der Waals surface area contributed by atoms with E-state index in [4.69, 9.17) is 5.11 Å². The normalized spacial score (nSPS) is 17.9. The average molecular weight is 357 g/mol. The number of aromatic nitrogens is 3. The van der Waals surface area contributed by atoms with Crippen LogP contribution >= 0.6 is 27.3 Å². The molecule has 6 nitrogen and oxygen atoms in total. The Labute approximate surface area is 128 Å². The minimum Gasteiger partial charge on any atom is -0.476 e. The number of carbonyl (C=O) groups is 1. The van der Waals surface area contributed by atoms with Gasteiger partial charge in [0.05, 0.1) is 12.2 Å². The summed E-state index contributed by atoms with van der Waals surface area (Å²) >= 11 is 5.21. The molecule has 1 saturated heterocycles. The first-order valence-electron chi connectivity index (χ1n) is 6.17. The molecule has 1 unspecified atom stereocenters. The molecule has 106 valence electrons. The summed E-state index contributed by atoms with van der Waals surface area (Å²) in [6.45, 7) is 3.90. The third-order valence-corrected chi connectivity index (χ3v) is 5.41. The van der Waals surface area contributed by atoms with Crippen molar-refractivity contribution in [1.29, 1.82) is 0 Å². The zero-order valence-corrected chi connectivity index (χ0v) is 13.1. The minimum atomic E-state index is -1.04. The molecule has 0 aromatic carbocycles. The first kappa shape index (κ1) is 13.7. The van der Waals surface area contributed by atoms with E-state index in [0.717, 1.165) is 17.6 Å². The molecule has 0 amide bonds. The van der Waals surface area contributed by atoms with Crippen LogP contribution in [0, 0.1) is 0 Å². The fourth-order valence-corrected chi connectivity index (χ4v) is 3.79. The van der Waals surface area contributed by atoms with Crippen molar-refractivity contribution in [2.45, 2.75) is 19.0 Å². The first-order chi connectivity index (χ1) is 9.54. The molecule has 0 spiro atoms. The molecule has 3 rings (SSSR count). The van der Waals surface area contributed by atoms with Crippen LogP contribution in [-0.2, 0) is 0 Å². The number of carboxylic acids is 1. The Morgan fingerprint density at radius 2 is 2.35 bits per heavy atom. The topological polar surface area (TPSA) is 71.2 Å². The van der Waals surface area contributed by atoms with Gasteiger partial charge in [0.25, 0.3) is 0 Å². The molecular weight excluding hydrogens is 344 g/mol. The lowest BCUT2D eigenvalue weighted by Crippen LogP contribution is -2.48. The van der Waals surface area contributed by atoms with Gasteiger partial charge in [0.1, 0.15) is 0 Å². The van der Waals surface area contributed by atoms with E-state index in [1.54, 1.807) is 16.0 Å². The molecular formula is C12H13BrN4O2S. The molecule has 8 heteroatoms. The molecule has 3 heterocycles. The molecule has 0 saturated carbocycles. The maximum absolute atomic E-state index is 10.8. The van der Waals surface area contributed by atoms with Crippen LogP contribution in [0.1, 0.15) is 34.4 Å². The van der Waals surface area contributed by atoms with Crippen LogP contribution in [0.2, 0.25) is 0 Å². The lowest BCUT2D eigenvalue weighted by atomic mass is 10.1. The second-order valence-corrected chi connectivity index (χ2v) is 6.70. The predicted octanol–water partition coefficient (Wildman–Crippen LogP) is 2.42. The van der Waals surface area contributed by atoms with Gasteiger partial charge in [-0.2, -0.15) is 0 Å². The number of aromatic carboxylic acids is 1. The summed E-state index contributed by atoms with van der Waals surface area (Å²) in [7, 11) is 0. The van der Waals surface area contributed by atoms with Gasteiger partial charge in [0.2, 0.25) is 0 Å². The number of hydrogen-bond acceptors (Lipinski definition) is 5. The smallest absolute Gasteiger partial charge is 0.358 e. The number of halogens is 1. The zero-order chi connectivity index (χ0) is 14.3. The molecule has 1 N–H and O–H groups in total. The Hall–Kier alpha value is -1.25. The van der Waals surface area contributed by atoms with Crippen molar-refractivity contribution in [2.24, 2.45) is 0 Å². The Morgan fingerprint density at radius 1 is 1.60 bits per heavy atom. The predicted molar refractivity (Wildman–Crippen MR) is 78.0 cm³/mol. The average Bonchev–Trinajstić information content (AvgIpc) is 2.96. The fraction of sp³-hybridized carbons (Fsp3) is 0.417. The molecule has 1 atom stereocenters. The number of nitrogens with zero attached hydrogens (tertiary/aromatic N) is 4. The third kappa shape index (κ3) is 2.50. The van der Waals surface area contributed by atoms with Crippen molar-refractivity contribution < 1.29 is 9.90 Å². The standard InChI is InChI=1S/C12H13BrN4O2S/c1-7(11-2-8(13)6-20-11)16-3-9(4-16)17-5-10(12(18)19)14-15-17/h2,5-7,9H,3-4H2,1H3,(H,18,19). The molecule has 1 aliphatic rings. The van der Waals surface area contributed by atoms with Crippen LogP contribution in [0.3, 0.4) is 0 Å². The maximum atomic E-state index is 10.8. The molecule has 1 aliphatic heterocycles. The fourth-order valence-electron chi connectivity index (χ4n) is 2.25. The highest BCUT2D eigenvalue weighted by atomic mass is 79.9. The number of hydrogen-bond donors (Lipinski definition) is 1. The Balaban J connectivity index is 1.61. The van der Waals surface area contributed by atoms with Crippen molar-refractivity contribution >= 4 is 33.2 Å². The van der Waals surface area contributed by atoms with E-state index in [1.807, 2.05) is 0 Å². The summed E-state index contributed by atoms with van der Waals surface area (Å²) in [4.78, 5) is 14.4. The lowest BCUT2D eigenvalue weighted by Gasteiger charge is -2.42.